The summed E-state index contributed by atoms with van der Waals surface area (Å²) in [7, 11) is 0.173. The molecule has 1 amide bonds. The predicted molar refractivity (Wildman–Crippen MR) is 167 cm³/mol. The second-order valence-electron chi connectivity index (χ2n) is 14.8. The fourth-order valence-electron chi connectivity index (χ4n) is 9.08. The van der Waals surface area contributed by atoms with E-state index in [9.17, 15) is 17.8 Å². The minimum absolute atomic E-state index is 0.142. The van der Waals surface area contributed by atoms with Crippen LogP contribution in [0.2, 0.25) is 0 Å². The molecule has 5 rings (SSSR count). The van der Waals surface area contributed by atoms with Crippen molar-refractivity contribution in [3.05, 3.63) is 12.2 Å². The van der Waals surface area contributed by atoms with Crippen molar-refractivity contribution in [3.8, 4) is 0 Å². The fourth-order valence-corrected chi connectivity index (χ4v) is 9.96. The zero-order chi connectivity index (χ0) is 30.1. The molecule has 9 heteroatoms. The quantitative estimate of drug-likeness (QED) is 0.275. The third-order valence-corrected chi connectivity index (χ3v) is 12.9. The highest BCUT2D eigenvalue weighted by Crippen LogP contribution is 2.49. The van der Waals surface area contributed by atoms with Gasteiger partial charge in [0.25, 0.3) is 10.1 Å². The van der Waals surface area contributed by atoms with Gasteiger partial charge in [-0.15, -0.1) is 0 Å². The average molecular weight is 607 g/mol. The second-order valence-corrected chi connectivity index (χ2v) is 16.5. The molecule has 0 aromatic rings. The van der Waals surface area contributed by atoms with Crippen LogP contribution in [0, 0.1) is 17.3 Å². The van der Waals surface area contributed by atoms with Crippen LogP contribution < -0.4 is 5.32 Å². The highest BCUT2D eigenvalue weighted by Gasteiger charge is 2.58. The first-order valence-corrected chi connectivity index (χ1v) is 18.4. The Balaban J connectivity index is 1.39. The maximum Gasteiger partial charge on any atom is 0.407 e. The smallest absolute Gasteiger partial charge is 0.407 e. The number of nitrogens with one attached hydrogen (secondary N) is 1. The van der Waals surface area contributed by atoms with Gasteiger partial charge in [-0.05, 0) is 79.3 Å². The molecule has 8 nitrogen and oxygen atoms in total. The lowest BCUT2D eigenvalue weighted by atomic mass is 9.68. The van der Waals surface area contributed by atoms with Gasteiger partial charge in [-0.1, -0.05) is 31.8 Å². The highest BCUT2D eigenvalue weighted by atomic mass is 32.2. The zero-order valence-electron chi connectivity index (χ0n) is 26.5. The number of ether oxygens (including phenoxy) is 1. The van der Waals surface area contributed by atoms with Crippen LogP contribution in [-0.2, 0) is 14.9 Å². The Hall–Kier alpha value is -1.45. The van der Waals surface area contributed by atoms with E-state index < -0.39 is 15.4 Å². The Kier molecular flexibility index (Phi) is 10.1. The van der Waals surface area contributed by atoms with Gasteiger partial charge in [-0.25, -0.2) is 9.37 Å². The van der Waals surface area contributed by atoms with Crippen molar-refractivity contribution < 1.29 is 27.1 Å². The SMILES string of the molecule is CN(C)C1CCC(/C=C/C2=[N+](C3CCCCC3)C3CCC(S(=O)(=O)O)CC3C2(C)C)C(OC(=O)NC2CCCCC2)C1. The van der Waals surface area contributed by atoms with Crippen molar-refractivity contribution in [1.82, 2.24) is 10.2 Å². The van der Waals surface area contributed by atoms with Gasteiger partial charge in [0.2, 0.25) is 0 Å². The number of alkyl carbamates (subject to hydrolysis) is 1. The topological polar surface area (TPSA) is 99.0 Å². The lowest BCUT2D eigenvalue weighted by Gasteiger charge is -2.37. The zero-order valence-corrected chi connectivity index (χ0v) is 27.3. The Morgan fingerprint density at radius 3 is 2.26 bits per heavy atom. The van der Waals surface area contributed by atoms with E-state index in [0.717, 1.165) is 38.5 Å². The maximum absolute atomic E-state index is 13.1. The maximum atomic E-state index is 13.1. The molecule has 0 saturated heterocycles. The van der Waals surface area contributed by atoms with Crippen LogP contribution in [-0.4, -0.2) is 83.9 Å². The molecule has 5 aliphatic rings. The predicted octanol–water partition coefficient (Wildman–Crippen LogP) is 5.95. The van der Waals surface area contributed by atoms with Crippen LogP contribution in [0.25, 0.3) is 0 Å². The first-order valence-electron chi connectivity index (χ1n) is 16.9. The van der Waals surface area contributed by atoms with Crippen molar-refractivity contribution in [2.45, 2.75) is 152 Å². The molecule has 1 aliphatic heterocycles. The van der Waals surface area contributed by atoms with Crippen LogP contribution in [0.4, 0.5) is 4.79 Å². The van der Waals surface area contributed by atoms with E-state index in [1.165, 1.54) is 57.1 Å². The third kappa shape index (κ3) is 7.09. The standard InChI is InChI=1S/C33H55N3O5S/c1-33(2)28-22-27(42(38,39)40)18-19-29(28)36(25-13-9-6-10-14-25)31(33)20-16-23-15-17-26(35(3)4)21-30(23)41-32(37)34-24-11-7-5-8-12-24/h16,20,23-30H,5-15,17-19,21-22H2,1-4H3,(H-,34,37,38,39,40)/p+1/b20-16+. The molecule has 6 unspecified atom stereocenters. The van der Waals surface area contributed by atoms with E-state index in [0.29, 0.717) is 31.0 Å². The number of fused-ring (bicyclic) bond motifs is 1. The number of allylic oxidation sites excluding steroid dienone is 1. The summed E-state index contributed by atoms with van der Waals surface area (Å²) in [6, 6.07) is 1.39. The van der Waals surface area contributed by atoms with Crippen LogP contribution in [0.15, 0.2) is 12.2 Å². The fraction of sp³-hybridized carbons (Fsp3) is 0.879. The number of nitrogens with zero attached hydrogens (tertiary/aromatic N) is 2. The molecule has 0 radical (unpaired) electrons. The van der Waals surface area contributed by atoms with Gasteiger partial charge in [0.1, 0.15) is 6.10 Å². The van der Waals surface area contributed by atoms with Crippen molar-refractivity contribution in [1.29, 1.82) is 0 Å². The van der Waals surface area contributed by atoms with Crippen LogP contribution >= 0.6 is 0 Å². The molecule has 0 aromatic heterocycles. The lowest BCUT2D eigenvalue weighted by Crippen LogP contribution is -2.44. The molecule has 2 N–H and O–H groups in total. The first-order chi connectivity index (χ1) is 19.9. The van der Waals surface area contributed by atoms with E-state index in [-0.39, 0.29) is 35.5 Å². The van der Waals surface area contributed by atoms with E-state index in [1.807, 2.05) is 0 Å². The third-order valence-electron chi connectivity index (χ3n) is 11.6. The summed E-state index contributed by atoms with van der Waals surface area (Å²) in [6.07, 6.45) is 20.7. The van der Waals surface area contributed by atoms with Crippen LogP contribution in [0.1, 0.15) is 117 Å². The molecular weight excluding hydrogens is 550 g/mol. The van der Waals surface area contributed by atoms with E-state index in [2.05, 4.69) is 54.9 Å². The summed E-state index contributed by atoms with van der Waals surface area (Å²) in [5, 5.41) is 2.49. The van der Waals surface area contributed by atoms with Crippen LogP contribution in [0.5, 0.6) is 0 Å². The van der Waals surface area contributed by atoms with Gasteiger partial charge in [-0.3, -0.25) is 4.55 Å². The van der Waals surface area contributed by atoms with Crippen molar-refractivity contribution in [2.75, 3.05) is 14.1 Å². The number of rotatable bonds is 7. The van der Waals surface area contributed by atoms with Gasteiger partial charge in [0, 0.05) is 55.7 Å². The summed E-state index contributed by atoms with van der Waals surface area (Å²) >= 11 is 0. The summed E-state index contributed by atoms with van der Waals surface area (Å²) in [4.78, 5) is 15.3. The monoisotopic (exact) mass is 606 g/mol. The molecule has 0 bridgehead atoms. The Morgan fingerprint density at radius 2 is 1.62 bits per heavy atom. The Bertz CT molecular complexity index is 1120. The second kappa shape index (κ2) is 13.3. The number of amides is 1. The molecule has 6 atom stereocenters. The Morgan fingerprint density at radius 1 is 0.952 bits per heavy atom. The van der Waals surface area contributed by atoms with E-state index >= 15 is 0 Å². The largest absolute Gasteiger partial charge is 0.446 e. The van der Waals surface area contributed by atoms with E-state index in [4.69, 9.17) is 4.74 Å². The number of hydrogen-bond acceptors (Lipinski definition) is 5. The highest BCUT2D eigenvalue weighted by molar-refractivity contribution is 7.86. The molecule has 1 heterocycles. The average Bonchev–Trinajstić information content (AvgIpc) is 3.18. The summed E-state index contributed by atoms with van der Waals surface area (Å²) in [6.45, 7) is 4.54. The van der Waals surface area contributed by atoms with Gasteiger partial charge in [-0.2, -0.15) is 8.42 Å². The first kappa shape index (κ1) is 32.0. The molecule has 0 spiro atoms. The van der Waals surface area contributed by atoms with Gasteiger partial charge < -0.3 is 15.0 Å². The van der Waals surface area contributed by atoms with Crippen molar-refractivity contribution >= 4 is 21.9 Å². The number of carbonyl (C=O) groups excluding carboxylic acids is 1. The minimum Gasteiger partial charge on any atom is -0.446 e. The molecular formula is C33H56N3O5S+. The molecule has 238 valence electrons. The molecule has 4 aliphatic carbocycles. The van der Waals surface area contributed by atoms with Crippen LogP contribution in [0.3, 0.4) is 0 Å². The lowest BCUT2D eigenvalue weighted by molar-refractivity contribution is -0.604. The molecule has 4 saturated carbocycles. The van der Waals surface area contributed by atoms with Gasteiger partial charge in [0.05, 0.1) is 10.7 Å². The van der Waals surface area contributed by atoms with Crippen molar-refractivity contribution in [3.63, 3.8) is 0 Å². The van der Waals surface area contributed by atoms with Crippen molar-refractivity contribution in [2.24, 2.45) is 17.3 Å². The number of hydrogen-bond donors (Lipinski definition) is 2. The number of carbonyl (C=O) groups is 1. The molecule has 0 aromatic carbocycles. The summed E-state index contributed by atoms with van der Waals surface area (Å²) < 4.78 is 43.2. The summed E-state index contributed by atoms with van der Waals surface area (Å²) in [5.74, 6) is 0.320. The van der Waals surface area contributed by atoms with Gasteiger partial charge >= 0.3 is 6.09 Å². The molecule has 4 fully saturated rings. The molecule has 42 heavy (non-hydrogen) atoms. The normalized spacial score (nSPS) is 35.0. The van der Waals surface area contributed by atoms with E-state index in [1.54, 1.807) is 0 Å². The van der Waals surface area contributed by atoms with Gasteiger partial charge in [0.15, 0.2) is 17.8 Å². The summed E-state index contributed by atoms with van der Waals surface area (Å²) in [5.41, 5.74) is 1.10. The minimum atomic E-state index is -4.05. The Labute approximate surface area is 254 Å².